The van der Waals surface area contributed by atoms with Gasteiger partial charge in [0.2, 0.25) is 6.23 Å². The second-order valence-electron chi connectivity index (χ2n) is 8.49. The molecule has 0 bridgehead atoms. The van der Waals surface area contributed by atoms with Crippen LogP contribution < -0.4 is 11.0 Å². The summed E-state index contributed by atoms with van der Waals surface area (Å²) >= 11 is 0. The fourth-order valence-corrected chi connectivity index (χ4v) is 3.71. The molecule has 2 aromatic rings. The Balaban J connectivity index is 1.63. The Morgan fingerprint density at radius 2 is 2.03 bits per heavy atom. The Hall–Kier alpha value is -3.45. The van der Waals surface area contributed by atoms with Crippen LogP contribution in [-0.4, -0.2) is 63.0 Å². The number of aliphatic hydroxyl groups excluding tert-OH is 1. The molecule has 13 heteroatoms. The Kier molecular flexibility index (Phi) is 10.0. The number of halogens is 2. The third kappa shape index (κ3) is 7.52. The van der Waals surface area contributed by atoms with Crippen LogP contribution in [0.2, 0.25) is 0 Å². The van der Waals surface area contributed by atoms with Gasteiger partial charge < -0.3 is 19.3 Å². The number of aromatic nitrogens is 3. The number of aliphatic hydroxyl groups is 1. The molecule has 202 valence electrons. The third-order valence-electron chi connectivity index (χ3n) is 5.71. The van der Waals surface area contributed by atoms with Crippen LogP contribution >= 0.6 is 0 Å². The molecular weight excluding hydrogens is 494 g/mol. The van der Waals surface area contributed by atoms with E-state index in [2.05, 4.69) is 15.3 Å². The molecule has 1 aliphatic heterocycles. The fourth-order valence-electron chi connectivity index (χ4n) is 3.71. The lowest BCUT2D eigenvalue weighted by atomic mass is 10.1. The number of unbranched alkanes of at least 4 members (excludes halogenated alkanes) is 3. The van der Waals surface area contributed by atoms with Gasteiger partial charge in [0.15, 0.2) is 6.10 Å². The lowest BCUT2D eigenvalue weighted by Gasteiger charge is -2.23. The molecule has 1 amide bonds. The number of rotatable bonds is 12. The quantitative estimate of drug-likeness (QED) is 0.317. The van der Waals surface area contributed by atoms with E-state index in [1.165, 1.54) is 0 Å². The van der Waals surface area contributed by atoms with E-state index in [9.17, 15) is 28.3 Å². The van der Waals surface area contributed by atoms with Crippen LogP contribution in [-0.2, 0) is 25.4 Å². The normalized spacial score (nSPS) is 20.4. The van der Waals surface area contributed by atoms with Crippen molar-refractivity contribution in [3.63, 3.8) is 0 Å². The minimum atomic E-state index is -3.97. The maximum absolute atomic E-state index is 15.0. The summed E-state index contributed by atoms with van der Waals surface area (Å²) in [5.74, 6) is -5.02. The lowest BCUT2D eigenvalue weighted by Crippen LogP contribution is -2.42. The molecule has 0 radical (unpaired) electrons. The zero-order valence-electron chi connectivity index (χ0n) is 20.3. The highest BCUT2D eigenvalue weighted by Crippen LogP contribution is 2.43. The summed E-state index contributed by atoms with van der Waals surface area (Å²) in [6, 6.07) is 4.61. The second-order valence-corrected chi connectivity index (χ2v) is 8.49. The maximum Gasteiger partial charge on any atom is 0.412 e. The predicted molar refractivity (Wildman–Crippen MR) is 126 cm³/mol. The molecule has 2 N–H and O–H groups in total. The number of nitrogens with zero attached hydrogens (tertiary/aromatic N) is 3. The number of carbonyl (C=O) groups is 2. The molecule has 3 rings (SSSR count). The van der Waals surface area contributed by atoms with Crippen LogP contribution in [0.15, 0.2) is 41.6 Å². The molecule has 0 aromatic carbocycles. The standard InChI is InChI=1S/C24H30F2N4O7/c1-2-3-4-5-13-35-23(34)29-18-10-12-28-22(33)30(18)21-24(25,26)20(32)17(37-21)15-36-19(31)9-8-16-7-6-11-27-14-16/h6-7,10-12,14,17,20-21,32H,2-5,8-9,13,15H2,1H3,(H,29,34)/t17-,20-,21-/m1/s1. The van der Waals surface area contributed by atoms with Crippen LogP contribution in [0.5, 0.6) is 0 Å². The van der Waals surface area contributed by atoms with Crippen LogP contribution in [0.4, 0.5) is 19.4 Å². The van der Waals surface area contributed by atoms with E-state index in [1.807, 2.05) is 6.92 Å². The molecule has 2 aromatic heterocycles. The first-order valence-corrected chi connectivity index (χ1v) is 12.0. The number of amides is 1. The SMILES string of the molecule is CCCCCCOC(=O)Nc1ccnc(=O)n1[C@@H]1O[C@H](COC(=O)CCc2cccnc2)[C@@H](O)C1(F)F. The van der Waals surface area contributed by atoms with Gasteiger partial charge in [-0.3, -0.25) is 15.1 Å². The van der Waals surface area contributed by atoms with E-state index in [1.54, 1.807) is 24.5 Å². The van der Waals surface area contributed by atoms with Gasteiger partial charge in [0.05, 0.1) is 6.61 Å². The van der Waals surface area contributed by atoms with E-state index in [0.717, 1.165) is 37.1 Å². The molecule has 37 heavy (non-hydrogen) atoms. The minimum absolute atomic E-state index is 0.0367. The van der Waals surface area contributed by atoms with Crippen molar-refractivity contribution in [2.45, 2.75) is 69.8 Å². The molecule has 1 saturated heterocycles. The zero-order chi connectivity index (χ0) is 26.8. The molecule has 3 atom stereocenters. The van der Waals surface area contributed by atoms with Crippen LogP contribution in [0.3, 0.4) is 0 Å². The van der Waals surface area contributed by atoms with Crippen molar-refractivity contribution in [2.75, 3.05) is 18.5 Å². The predicted octanol–water partition coefficient (Wildman–Crippen LogP) is 2.84. The highest BCUT2D eigenvalue weighted by atomic mass is 19.3. The zero-order valence-corrected chi connectivity index (χ0v) is 20.3. The fraction of sp³-hybridized carbons (Fsp3) is 0.542. The molecule has 0 aliphatic carbocycles. The van der Waals surface area contributed by atoms with Crippen molar-refractivity contribution >= 4 is 17.9 Å². The second kappa shape index (κ2) is 13.2. The van der Waals surface area contributed by atoms with Crippen molar-refractivity contribution in [2.24, 2.45) is 0 Å². The van der Waals surface area contributed by atoms with Crippen molar-refractivity contribution in [3.05, 3.63) is 52.8 Å². The van der Waals surface area contributed by atoms with Gasteiger partial charge in [-0.1, -0.05) is 32.3 Å². The van der Waals surface area contributed by atoms with Gasteiger partial charge >= 0.3 is 23.7 Å². The van der Waals surface area contributed by atoms with Crippen molar-refractivity contribution in [1.29, 1.82) is 0 Å². The van der Waals surface area contributed by atoms with E-state index < -0.39 is 48.7 Å². The number of hydrogen-bond donors (Lipinski definition) is 2. The monoisotopic (exact) mass is 524 g/mol. The number of hydrogen-bond acceptors (Lipinski definition) is 9. The van der Waals surface area contributed by atoms with Gasteiger partial charge in [-0.05, 0) is 30.5 Å². The van der Waals surface area contributed by atoms with Crippen LogP contribution in [0.1, 0.15) is 50.8 Å². The first kappa shape index (κ1) is 28.1. The average Bonchev–Trinajstić information content (AvgIpc) is 3.10. The molecule has 11 nitrogen and oxygen atoms in total. The molecule has 0 spiro atoms. The van der Waals surface area contributed by atoms with Crippen LogP contribution in [0, 0.1) is 0 Å². The van der Waals surface area contributed by atoms with E-state index in [4.69, 9.17) is 14.2 Å². The number of esters is 1. The molecule has 1 fully saturated rings. The summed E-state index contributed by atoms with van der Waals surface area (Å²) in [7, 11) is 0. The molecular formula is C24H30F2N4O7. The van der Waals surface area contributed by atoms with Gasteiger partial charge in [0.1, 0.15) is 18.5 Å². The molecule has 3 heterocycles. The summed E-state index contributed by atoms with van der Waals surface area (Å²) in [5.41, 5.74) is -0.356. The summed E-state index contributed by atoms with van der Waals surface area (Å²) < 4.78 is 45.7. The summed E-state index contributed by atoms with van der Waals surface area (Å²) in [6.45, 7) is 1.48. The van der Waals surface area contributed by atoms with E-state index in [-0.39, 0.29) is 18.8 Å². The molecule has 1 aliphatic rings. The Morgan fingerprint density at radius 3 is 2.76 bits per heavy atom. The number of aryl methyl sites for hydroxylation is 1. The van der Waals surface area contributed by atoms with Crippen molar-refractivity contribution < 1.29 is 37.7 Å². The topological polar surface area (TPSA) is 142 Å². The number of nitrogens with one attached hydrogen (secondary N) is 1. The Bertz CT molecular complexity index is 1100. The summed E-state index contributed by atoms with van der Waals surface area (Å²) in [6.07, 6.45) is 0.670. The van der Waals surface area contributed by atoms with Crippen molar-refractivity contribution in [3.8, 4) is 0 Å². The average molecular weight is 525 g/mol. The summed E-state index contributed by atoms with van der Waals surface area (Å²) in [5, 5.41) is 12.4. The van der Waals surface area contributed by atoms with Gasteiger partial charge in [-0.15, -0.1) is 0 Å². The molecule has 0 unspecified atom stereocenters. The summed E-state index contributed by atoms with van der Waals surface area (Å²) in [4.78, 5) is 44.0. The highest BCUT2D eigenvalue weighted by Gasteiger charge is 2.60. The third-order valence-corrected chi connectivity index (χ3v) is 5.71. The van der Waals surface area contributed by atoms with E-state index in [0.29, 0.717) is 17.4 Å². The van der Waals surface area contributed by atoms with Gasteiger partial charge in [0, 0.05) is 25.0 Å². The first-order valence-electron chi connectivity index (χ1n) is 12.0. The van der Waals surface area contributed by atoms with Gasteiger partial charge in [-0.2, -0.15) is 8.78 Å². The van der Waals surface area contributed by atoms with Gasteiger partial charge in [0.25, 0.3) is 0 Å². The highest BCUT2D eigenvalue weighted by molar-refractivity contribution is 5.83. The number of anilines is 1. The van der Waals surface area contributed by atoms with Crippen molar-refractivity contribution in [1.82, 2.24) is 14.5 Å². The number of carbonyl (C=O) groups excluding carboxylic acids is 2. The largest absolute Gasteiger partial charge is 0.463 e. The molecule has 0 saturated carbocycles. The Morgan fingerprint density at radius 1 is 1.22 bits per heavy atom. The van der Waals surface area contributed by atoms with Gasteiger partial charge in [-0.25, -0.2) is 19.1 Å². The first-order chi connectivity index (χ1) is 17.7. The van der Waals surface area contributed by atoms with E-state index >= 15 is 0 Å². The number of ether oxygens (including phenoxy) is 3. The maximum atomic E-state index is 15.0. The number of alkyl halides is 2. The smallest absolute Gasteiger partial charge is 0.412 e. The lowest BCUT2D eigenvalue weighted by molar-refractivity contribution is -0.150. The Labute approximate surface area is 211 Å². The number of pyridine rings is 1. The minimum Gasteiger partial charge on any atom is -0.463 e. The van der Waals surface area contributed by atoms with Crippen LogP contribution in [0.25, 0.3) is 0 Å².